The number of thiophene rings is 1. The zero-order chi connectivity index (χ0) is 17.6. The molecule has 1 aliphatic heterocycles. The van der Waals surface area contributed by atoms with Gasteiger partial charge in [0.15, 0.2) is 0 Å². The van der Waals surface area contributed by atoms with E-state index in [0.717, 1.165) is 41.8 Å². The Morgan fingerprint density at radius 2 is 2.12 bits per heavy atom. The van der Waals surface area contributed by atoms with Crippen LogP contribution < -0.4 is 4.90 Å². The Morgan fingerprint density at radius 3 is 2.92 bits per heavy atom. The number of aryl methyl sites for hydroxylation is 2. The number of carbonyl (C=O) groups excluding carboxylic acids is 1. The maximum Gasteiger partial charge on any atom is 0.348 e. The van der Waals surface area contributed by atoms with Crippen LogP contribution in [0.15, 0.2) is 24.3 Å². The molecule has 128 valence electrons. The van der Waals surface area contributed by atoms with Crippen molar-refractivity contribution < 1.29 is 9.53 Å². The molecule has 0 fully saturated rings. The van der Waals surface area contributed by atoms with E-state index in [4.69, 9.17) is 16.3 Å². The summed E-state index contributed by atoms with van der Waals surface area (Å²) in [6.07, 6.45) is 2.08. The number of halogens is 1. The molecule has 0 unspecified atom stereocenters. The third kappa shape index (κ3) is 2.65. The first kappa shape index (κ1) is 16.3. The van der Waals surface area contributed by atoms with Gasteiger partial charge < -0.3 is 9.64 Å². The lowest BCUT2D eigenvalue weighted by atomic mass is 10.0. The highest BCUT2D eigenvalue weighted by Gasteiger charge is 2.26. The van der Waals surface area contributed by atoms with Crippen molar-refractivity contribution in [2.75, 3.05) is 18.6 Å². The van der Waals surface area contributed by atoms with Crippen LogP contribution in [0.2, 0.25) is 5.28 Å². The Bertz CT molecular complexity index is 986. The van der Waals surface area contributed by atoms with Crippen LogP contribution in [-0.2, 0) is 11.2 Å². The first-order valence-electron chi connectivity index (χ1n) is 8.00. The zero-order valence-electron chi connectivity index (χ0n) is 13.9. The van der Waals surface area contributed by atoms with E-state index in [1.807, 2.05) is 13.0 Å². The number of ether oxygens (including phenoxy) is 1. The van der Waals surface area contributed by atoms with E-state index < -0.39 is 0 Å². The molecule has 25 heavy (non-hydrogen) atoms. The normalized spacial score (nSPS) is 13.8. The second kappa shape index (κ2) is 6.28. The van der Waals surface area contributed by atoms with Gasteiger partial charge in [0.25, 0.3) is 0 Å². The van der Waals surface area contributed by atoms with Gasteiger partial charge >= 0.3 is 5.97 Å². The monoisotopic (exact) mass is 373 g/mol. The van der Waals surface area contributed by atoms with Crippen molar-refractivity contribution in [2.24, 2.45) is 0 Å². The number of rotatable bonds is 2. The Balaban J connectivity index is 1.97. The van der Waals surface area contributed by atoms with Crippen molar-refractivity contribution in [3.8, 4) is 0 Å². The van der Waals surface area contributed by atoms with Crippen LogP contribution in [-0.4, -0.2) is 29.6 Å². The molecule has 0 amide bonds. The standard InChI is InChI=1S/C18H16ClN3O2S/c1-10-13-15(22-9-5-7-11-6-3-4-8-12(11)22)20-18(19)21-16(13)25-14(10)17(23)24-2/h3-4,6,8H,5,7,9H2,1-2H3. The summed E-state index contributed by atoms with van der Waals surface area (Å²) in [6, 6.07) is 8.31. The minimum Gasteiger partial charge on any atom is -0.465 e. The molecule has 0 N–H and O–H groups in total. The third-order valence-electron chi connectivity index (χ3n) is 4.48. The Labute approximate surface area is 154 Å². The smallest absolute Gasteiger partial charge is 0.348 e. The summed E-state index contributed by atoms with van der Waals surface area (Å²) in [5, 5.41) is 1.05. The van der Waals surface area contributed by atoms with Gasteiger partial charge in [0.1, 0.15) is 15.5 Å². The molecule has 3 aromatic rings. The summed E-state index contributed by atoms with van der Waals surface area (Å²) >= 11 is 7.48. The third-order valence-corrected chi connectivity index (χ3v) is 5.82. The van der Waals surface area contributed by atoms with E-state index in [9.17, 15) is 4.79 Å². The van der Waals surface area contributed by atoms with E-state index >= 15 is 0 Å². The Morgan fingerprint density at radius 1 is 1.32 bits per heavy atom. The highest BCUT2D eigenvalue weighted by molar-refractivity contribution is 7.20. The Hall–Kier alpha value is -2.18. The highest BCUT2D eigenvalue weighted by atomic mass is 35.5. The summed E-state index contributed by atoms with van der Waals surface area (Å²) in [5.74, 6) is 0.396. The molecule has 5 nitrogen and oxygen atoms in total. The van der Waals surface area contributed by atoms with Crippen LogP contribution in [0.4, 0.5) is 11.5 Å². The molecule has 0 radical (unpaired) electrons. The molecule has 0 bridgehead atoms. The first-order chi connectivity index (χ1) is 12.1. The maximum atomic E-state index is 12.1. The lowest BCUT2D eigenvalue weighted by molar-refractivity contribution is 0.0605. The van der Waals surface area contributed by atoms with Gasteiger partial charge in [0.2, 0.25) is 5.28 Å². The first-order valence-corrected chi connectivity index (χ1v) is 9.20. The fraction of sp³-hybridized carbons (Fsp3) is 0.278. The van der Waals surface area contributed by atoms with Gasteiger partial charge in [-0.05, 0) is 48.6 Å². The summed E-state index contributed by atoms with van der Waals surface area (Å²) < 4.78 is 4.90. The number of carbonyl (C=O) groups is 1. The average Bonchev–Trinajstić information content (AvgIpc) is 2.96. The molecule has 4 rings (SSSR count). The summed E-state index contributed by atoms with van der Waals surface area (Å²) in [7, 11) is 1.38. The number of hydrogen-bond donors (Lipinski definition) is 0. The van der Waals surface area contributed by atoms with Gasteiger partial charge in [0.05, 0.1) is 12.5 Å². The molecular weight excluding hydrogens is 358 g/mol. The minimum atomic E-state index is -0.360. The number of esters is 1. The quantitative estimate of drug-likeness (QED) is 0.488. The minimum absolute atomic E-state index is 0.184. The van der Waals surface area contributed by atoms with E-state index in [1.54, 1.807) is 0 Å². The molecule has 7 heteroatoms. The lowest BCUT2D eigenvalue weighted by Gasteiger charge is -2.31. The van der Waals surface area contributed by atoms with Crippen molar-refractivity contribution in [1.82, 2.24) is 9.97 Å². The molecule has 2 aromatic heterocycles. The molecule has 0 saturated heterocycles. The summed E-state index contributed by atoms with van der Waals surface area (Å²) in [4.78, 5) is 24.3. The number of nitrogens with zero attached hydrogens (tertiary/aromatic N) is 3. The molecule has 0 saturated carbocycles. The number of anilines is 2. The van der Waals surface area contributed by atoms with Crippen LogP contribution in [0, 0.1) is 6.92 Å². The van der Waals surface area contributed by atoms with Crippen LogP contribution in [0.3, 0.4) is 0 Å². The van der Waals surface area contributed by atoms with E-state index in [2.05, 4.69) is 33.1 Å². The van der Waals surface area contributed by atoms with E-state index in [-0.39, 0.29) is 11.3 Å². The topological polar surface area (TPSA) is 55.3 Å². The Kier molecular flexibility index (Phi) is 4.09. The predicted octanol–water partition coefficient (Wildman–Crippen LogP) is 4.52. The predicted molar refractivity (Wildman–Crippen MR) is 100 cm³/mol. The lowest BCUT2D eigenvalue weighted by Crippen LogP contribution is -2.25. The zero-order valence-corrected chi connectivity index (χ0v) is 15.4. The number of benzene rings is 1. The van der Waals surface area contributed by atoms with E-state index in [1.165, 1.54) is 24.0 Å². The van der Waals surface area contributed by atoms with Crippen molar-refractivity contribution >= 4 is 50.6 Å². The van der Waals surface area contributed by atoms with Crippen molar-refractivity contribution in [3.05, 3.63) is 45.6 Å². The van der Waals surface area contributed by atoms with Crippen molar-refractivity contribution in [1.29, 1.82) is 0 Å². The van der Waals surface area contributed by atoms with Crippen LogP contribution in [0.25, 0.3) is 10.2 Å². The maximum absolute atomic E-state index is 12.1. The SMILES string of the molecule is COC(=O)c1sc2nc(Cl)nc(N3CCCc4ccccc43)c2c1C. The number of methoxy groups -OCH3 is 1. The van der Waals surface area contributed by atoms with Crippen LogP contribution in [0.5, 0.6) is 0 Å². The molecule has 0 aliphatic carbocycles. The molecule has 3 heterocycles. The second-order valence-electron chi connectivity index (χ2n) is 5.93. The van der Waals surface area contributed by atoms with Gasteiger partial charge in [-0.25, -0.2) is 9.78 Å². The largest absolute Gasteiger partial charge is 0.465 e. The number of aromatic nitrogens is 2. The van der Waals surface area contributed by atoms with Gasteiger partial charge in [-0.3, -0.25) is 0 Å². The van der Waals surface area contributed by atoms with Gasteiger partial charge in [-0.15, -0.1) is 11.3 Å². The molecular formula is C18H16ClN3O2S. The molecule has 1 aromatic carbocycles. The molecule has 1 aliphatic rings. The summed E-state index contributed by atoms with van der Waals surface area (Å²) in [5.41, 5.74) is 3.26. The fourth-order valence-electron chi connectivity index (χ4n) is 3.33. The van der Waals surface area contributed by atoms with E-state index in [0.29, 0.717) is 9.71 Å². The number of fused-ring (bicyclic) bond motifs is 2. The number of hydrogen-bond acceptors (Lipinski definition) is 6. The molecule has 0 atom stereocenters. The molecule has 0 spiro atoms. The number of para-hydroxylation sites is 1. The summed E-state index contributed by atoms with van der Waals surface area (Å²) in [6.45, 7) is 2.75. The van der Waals surface area contributed by atoms with Crippen molar-refractivity contribution in [3.63, 3.8) is 0 Å². The van der Waals surface area contributed by atoms with Gasteiger partial charge in [0, 0.05) is 12.2 Å². The van der Waals surface area contributed by atoms with Crippen LogP contribution >= 0.6 is 22.9 Å². The van der Waals surface area contributed by atoms with Gasteiger partial charge in [-0.1, -0.05) is 18.2 Å². The fourth-order valence-corrected chi connectivity index (χ4v) is 4.64. The van der Waals surface area contributed by atoms with Gasteiger partial charge in [-0.2, -0.15) is 4.98 Å². The highest BCUT2D eigenvalue weighted by Crippen LogP contribution is 2.41. The second-order valence-corrected chi connectivity index (χ2v) is 7.27. The van der Waals surface area contributed by atoms with Crippen molar-refractivity contribution in [2.45, 2.75) is 19.8 Å². The average molecular weight is 374 g/mol. The van der Waals surface area contributed by atoms with Crippen LogP contribution in [0.1, 0.15) is 27.2 Å².